The third-order valence-electron chi connectivity index (χ3n) is 5.76. The second-order valence-corrected chi connectivity index (χ2v) is 8.28. The number of hydrogen-bond donors (Lipinski definition) is 4. The summed E-state index contributed by atoms with van der Waals surface area (Å²) in [6.07, 6.45) is -7.70. The second-order valence-electron chi connectivity index (χ2n) is 8.28. The summed E-state index contributed by atoms with van der Waals surface area (Å²) in [7, 11) is 0. The Morgan fingerprint density at radius 1 is 0.829 bits per heavy atom. The molecule has 0 saturated carbocycles. The summed E-state index contributed by atoms with van der Waals surface area (Å²) in [6, 6.07) is 13.0. The first-order valence-corrected chi connectivity index (χ1v) is 11.0. The molecule has 1 saturated heterocycles. The van der Waals surface area contributed by atoms with Crippen molar-refractivity contribution in [1.29, 1.82) is 0 Å². The second kappa shape index (κ2) is 11.0. The van der Waals surface area contributed by atoms with E-state index in [0.717, 1.165) is 0 Å². The van der Waals surface area contributed by atoms with Gasteiger partial charge in [-0.2, -0.15) is 0 Å². The Kier molecular flexibility index (Phi) is 8.31. The molecule has 2 aromatic rings. The van der Waals surface area contributed by atoms with Crippen LogP contribution in [0.25, 0.3) is 11.1 Å². The molecule has 1 aliphatic heterocycles. The Labute approximate surface area is 202 Å². The first kappa shape index (κ1) is 26.4. The number of ketones is 3. The average Bonchev–Trinajstić information content (AvgIpc) is 2.82. The summed E-state index contributed by atoms with van der Waals surface area (Å²) in [6.45, 7) is 3.22. The summed E-state index contributed by atoms with van der Waals surface area (Å²) >= 11 is 0. The van der Waals surface area contributed by atoms with Gasteiger partial charge in [0.2, 0.25) is 6.29 Å². The molecule has 9 nitrogen and oxygen atoms in total. The van der Waals surface area contributed by atoms with Crippen LogP contribution in [-0.4, -0.2) is 75.1 Å². The van der Waals surface area contributed by atoms with Crippen molar-refractivity contribution in [1.82, 2.24) is 0 Å². The van der Waals surface area contributed by atoms with Crippen molar-refractivity contribution in [3.8, 4) is 5.75 Å². The maximum Gasteiger partial charge on any atom is 0.229 e. The van der Waals surface area contributed by atoms with Crippen molar-refractivity contribution in [3.05, 3.63) is 65.2 Å². The summed E-state index contributed by atoms with van der Waals surface area (Å²) < 4.78 is 11.1. The number of carbonyl (C=O) groups is 3. The first-order chi connectivity index (χ1) is 16.6. The zero-order valence-electron chi connectivity index (χ0n) is 19.5. The Hall–Kier alpha value is -3.21. The van der Waals surface area contributed by atoms with Crippen molar-refractivity contribution >= 4 is 28.5 Å². The van der Waals surface area contributed by atoms with E-state index in [9.17, 15) is 34.8 Å². The quantitative estimate of drug-likeness (QED) is 0.246. The molecule has 1 fully saturated rings. The molecule has 1 unspecified atom stereocenters. The highest BCUT2D eigenvalue weighted by Gasteiger charge is 2.45. The summed E-state index contributed by atoms with van der Waals surface area (Å²) in [5.74, 6) is -1.40. The Morgan fingerprint density at radius 3 is 2.00 bits per heavy atom. The topological polar surface area (TPSA) is 151 Å². The molecular formula is C26H28O9. The lowest BCUT2D eigenvalue weighted by Gasteiger charge is -2.39. The predicted molar refractivity (Wildman–Crippen MR) is 125 cm³/mol. The number of carbonyl (C=O) groups excluding carboxylic acids is 3. The Morgan fingerprint density at radius 2 is 1.46 bits per heavy atom. The third kappa shape index (κ3) is 5.39. The van der Waals surface area contributed by atoms with Crippen LogP contribution < -0.4 is 4.74 Å². The van der Waals surface area contributed by atoms with Gasteiger partial charge in [0, 0.05) is 16.7 Å². The fraction of sp³-hybridized carbons (Fsp3) is 0.346. The highest BCUT2D eigenvalue weighted by molar-refractivity contribution is 6.40. The van der Waals surface area contributed by atoms with Crippen LogP contribution in [0.4, 0.5) is 0 Å². The average molecular weight is 485 g/mol. The standard InChI is InChI=1S/C26H28O9/c1-13(28)20(16-8-5-4-6-9-16)22(15(3)30)17-10-7-11-18(21(17)14(2)29)34-26-25(33)24(32)23(31)19(12-27)35-26/h4-11,19,23-27,31-33H,12H2,1-3H3/t19-,23-,24+,25-,26?/m1/s1. The van der Waals surface area contributed by atoms with E-state index in [2.05, 4.69) is 0 Å². The van der Waals surface area contributed by atoms with E-state index in [-0.39, 0.29) is 33.8 Å². The minimum Gasteiger partial charge on any atom is -0.461 e. The van der Waals surface area contributed by atoms with Gasteiger partial charge < -0.3 is 29.9 Å². The number of hydrogen-bond acceptors (Lipinski definition) is 9. The highest BCUT2D eigenvalue weighted by atomic mass is 16.7. The fourth-order valence-corrected chi connectivity index (χ4v) is 4.12. The van der Waals surface area contributed by atoms with Crippen LogP contribution in [0.1, 0.15) is 42.3 Å². The van der Waals surface area contributed by atoms with E-state index in [4.69, 9.17) is 9.47 Å². The third-order valence-corrected chi connectivity index (χ3v) is 5.76. The lowest BCUT2D eigenvalue weighted by molar-refractivity contribution is -0.277. The van der Waals surface area contributed by atoms with Crippen molar-refractivity contribution in [2.24, 2.45) is 0 Å². The molecule has 0 bridgehead atoms. The van der Waals surface area contributed by atoms with Crippen LogP contribution in [0.5, 0.6) is 5.75 Å². The molecule has 2 aromatic carbocycles. The zero-order chi connectivity index (χ0) is 25.9. The molecule has 0 aliphatic carbocycles. The molecule has 4 N–H and O–H groups in total. The highest BCUT2D eigenvalue weighted by Crippen LogP contribution is 2.35. The molecule has 35 heavy (non-hydrogen) atoms. The molecule has 0 amide bonds. The van der Waals surface area contributed by atoms with Gasteiger partial charge in [-0.05, 0) is 32.4 Å². The maximum atomic E-state index is 12.8. The first-order valence-electron chi connectivity index (χ1n) is 11.0. The Balaban J connectivity index is 2.18. The van der Waals surface area contributed by atoms with E-state index in [1.165, 1.54) is 39.0 Å². The summed E-state index contributed by atoms with van der Waals surface area (Å²) in [5, 5.41) is 39.9. The summed E-state index contributed by atoms with van der Waals surface area (Å²) in [5.41, 5.74) is 0.768. The molecule has 3 rings (SSSR count). The van der Waals surface area contributed by atoms with Crippen molar-refractivity contribution in [3.63, 3.8) is 0 Å². The van der Waals surface area contributed by atoms with E-state index >= 15 is 0 Å². The van der Waals surface area contributed by atoms with Crippen LogP contribution in [0.2, 0.25) is 0 Å². The number of rotatable bonds is 8. The van der Waals surface area contributed by atoms with Gasteiger partial charge in [0.05, 0.1) is 12.2 Å². The van der Waals surface area contributed by atoms with Crippen LogP contribution in [0.15, 0.2) is 48.5 Å². The lowest BCUT2D eigenvalue weighted by atomic mass is 9.86. The summed E-state index contributed by atoms with van der Waals surface area (Å²) in [4.78, 5) is 38.3. The van der Waals surface area contributed by atoms with Gasteiger partial charge in [0.25, 0.3) is 0 Å². The van der Waals surface area contributed by atoms with Gasteiger partial charge >= 0.3 is 0 Å². The van der Waals surface area contributed by atoms with Crippen molar-refractivity contribution in [2.75, 3.05) is 6.61 Å². The van der Waals surface area contributed by atoms with Gasteiger partial charge in [0.15, 0.2) is 17.3 Å². The molecule has 0 aromatic heterocycles. The van der Waals surface area contributed by atoms with E-state index in [1.54, 1.807) is 30.3 Å². The normalized spacial score (nSPS) is 24.9. The SMILES string of the molecule is CC(=O)C(=C(C(C)=O)c1cccc(OC2O[C@H](CO)[C@@H](O)[C@H](O)[C@H]2O)c1C(C)=O)c1ccccc1. The molecule has 0 spiro atoms. The number of Topliss-reactive ketones (excluding diaryl/α,β-unsaturated/α-hetero) is 3. The van der Waals surface area contributed by atoms with Crippen molar-refractivity contribution in [2.45, 2.75) is 51.5 Å². The number of ether oxygens (including phenoxy) is 2. The molecular weight excluding hydrogens is 456 g/mol. The number of allylic oxidation sites excluding steroid dienone is 2. The van der Waals surface area contributed by atoms with E-state index < -0.39 is 48.9 Å². The van der Waals surface area contributed by atoms with E-state index in [1.807, 2.05) is 0 Å². The van der Waals surface area contributed by atoms with E-state index in [0.29, 0.717) is 5.56 Å². The fourth-order valence-electron chi connectivity index (χ4n) is 4.12. The number of benzene rings is 2. The van der Waals surface area contributed by atoms with Crippen LogP contribution in [0.3, 0.4) is 0 Å². The van der Waals surface area contributed by atoms with Gasteiger partial charge in [-0.3, -0.25) is 14.4 Å². The number of aliphatic hydroxyl groups is 4. The van der Waals surface area contributed by atoms with Crippen LogP contribution in [0, 0.1) is 0 Å². The predicted octanol–water partition coefficient (Wildman–Crippen LogP) is 1.16. The molecule has 5 atom stereocenters. The lowest BCUT2D eigenvalue weighted by Crippen LogP contribution is -2.60. The maximum absolute atomic E-state index is 12.8. The molecule has 1 aliphatic rings. The van der Waals surface area contributed by atoms with Gasteiger partial charge in [0.1, 0.15) is 30.2 Å². The smallest absolute Gasteiger partial charge is 0.229 e. The molecule has 1 heterocycles. The minimum atomic E-state index is -1.70. The Bertz CT molecular complexity index is 1140. The van der Waals surface area contributed by atoms with Gasteiger partial charge in [-0.15, -0.1) is 0 Å². The minimum absolute atomic E-state index is 0.0214. The van der Waals surface area contributed by atoms with Crippen LogP contribution in [-0.2, 0) is 14.3 Å². The molecule has 0 radical (unpaired) electrons. The zero-order valence-corrected chi connectivity index (χ0v) is 19.5. The van der Waals surface area contributed by atoms with Gasteiger partial charge in [-0.25, -0.2) is 0 Å². The van der Waals surface area contributed by atoms with Crippen molar-refractivity contribution < 1.29 is 44.3 Å². The number of aliphatic hydroxyl groups excluding tert-OH is 4. The monoisotopic (exact) mass is 484 g/mol. The molecule has 9 heteroatoms. The van der Waals surface area contributed by atoms with Gasteiger partial charge in [-0.1, -0.05) is 42.5 Å². The largest absolute Gasteiger partial charge is 0.461 e. The van der Waals surface area contributed by atoms with Crippen LogP contribution >= 0.6 is 0 Å². The molecule has 186 valence electrons.